The van der Waals surface area contributed by atoms with Crippen LogP contribution in [0.2, 0.25) is 0 Å². The Hall–Kier alpha value is -2.08. The van der Waals surface area contributed by atoms with E-state index in [1.165, 1.54) is 18.5 Å². The lowest BCUT2D eigenvalue weighted by molar-refractivity contribution is -0.136. The zero-order valence-corrected chi connectivity index (χ0v) is 16.6. The molecule has 2 saturated heterocycles. The van der Waals surface area contributed by atoms with Crippen molar-refractivity contribution < 1.29 is 9.59 Å². The SMILES string of the molecule is CCN1CCN(C(=O)CC(=O)Nc2ccc(N3CCC(C)CC3)cc2)CC1. The van der Waals surface area contributed by atoms with E-state index in [4.69, 9.17) is 0 Å². The van der Waals surface area contributed by atoms with Crippen LogP contribution in [-0.4, -0.2) is 67.4 Å². The van der Waals surface area contributed by atoms with E-state index in [1.807, 2.05) is 12.1 Å². The van der Waals surface area contributed by atoms with Crippen LogP contribution < -0.4 is 10.2 Å². The predicted octanol–water partition coefficient (Wildman–Crippen LogP) is 2.42. The molecule has 1 aromatic rings. The zero-order valence-electron chi connectivity index (χ0n) is 16.6. The van der Waals surface area contributed by atoms with Crippen molar-refractivity contribution in [3.63, 3.8) is 0 Å². The van der Waals surface area contributed by atoms with Crippen LogP contribution in [0.3, 0.4) is 0 Å². The molecular weight excluding hydrogens is 340 g/mol. The van der Waals surface area contributed by atoms with Crippen LogP contribution in [0, 0.1) is 5.92 Å². The number of rotatable bonds is 5. The molecule has 2 amide bonds. The fourth-order valence-corrected chi connectivity index (χ4v) is 3.79. The molecule has 0 spiro atoms. The standard InChI is InChI=1S/C21H32N4O2/c1-3-23-12-14-25(15-13-23)21(27)16-20(26)22-18-4-6-19(7-5-18)24-10-8-17(2)9-11-24/h4-7,17H,3,8-16H2,1-2H3,(H,22,26). The molecule has 6 heteroatoms. The average molecular weight is 373 g/mol. The molecule has 0 atom stereocenters. The van der Waals surface area contributed by atoms with E-state index in [-0.39, 0.29) is 18.2 Å². The first kappa shape index (κ1) is 19.7. The normalized spacial score (nSPS) is 19.2. The summed E-state index contributed by atoms with van der Waals surface area (Å²) in [6, 6.07) is 7.96. The molecule has 1 aromatic carbocycles. The molecule has 6 nitrogen and oxygen atoms in total. The molecule has 0 radical (unpaired) electrons. The van der Waals surface area contributed by atoms with Crippen molar-refractivity contribution in [3.8, 4) is 0 Å². The van der Waals surface area contributed by atoms with E-state index < -0.39 is 0 Å². The molecule has 148 valence electrons. The van der Waals surface area contributed by atoms with E-state index in [0.29, 0.717) is 13.1 Å². The van der Waals surface area contributed by atoms with Crippen molar-refractivity contribution in [3.05, 3.63) is 24.3 Å². The second-order valence-corrected chi connectivity index (χ2v) is 7.76. The molecule has 3 rings (SSSR count). The van der Waals surface area contributed by atoms with Crippen molar-refractivity contribution in [2.45, 2.75) is 33.1 Å². The zero-order chi connectivity index (χ0) is 19.2. The molecule has 0 saturated carbocycles. The molecule has 2 fully saturated rings. The summed E-state index contributed by atoms with van der Waals surface area (Å²) in [5.41, 5.74) is 1.95. The summed E-state index contributed by atoms with van der Waals surface area (Å²) in [6.07, 6.45) is 2.37. The molecule has 0 unspecified atom stereocenters. The van der Waals surface area contributed by atoms with Crippen molar-refractivity contribution in [2.75, 3.05) is 56.0 Å². The van der Waals surface area contributed by atoms with Crippen molar-refractivity contribution in [1.29, 1.82) is 0 Å². The van der Waals surface area contributed by atoms with Gasteiger partial charge in [0, 0.05) is 50.6 Å². The molecule has 0 bridgehead atoms. The van der Waals surface area contributed by atoms with E-state index in [1.54, 1.807) is 4.90 Å². The van der Waals surface area contributed by atoms with Gasteiger partial charge in [-0.3, -0.25) is 9.59 Å². The number of carbonyl (C=O) groups is 2. The largest absolute Gasteiger partial charge is 0.372 e. The Balaban J connectivity index is 1.46. The third kappa shape index (κ3) is 5.45. The van der Waals surface area contributed by atoms with Gasteiger partial charge < -0.3 is 20.0 Å². The topological polar surface area (TPSA) is 55.9 Å². The Bertz CT molecular complexity index is 630. The minimum atomic E-state index is -0.238. The van der Waals surface area contributed by atoms with E-state index in [2.05, 4.69) is 41.1 Å². The number of carbonyl (C=O) groups excluding carboxylic acids is 2. The summed E-state index contributed by atoms with van der Waals surface area (Å²) >= 11 is 0. The monoisotopic (exact) mass is 372 g/mol. The Kier molecular flexibility index (Phi) is 6.72. The van der Waals surface area contributed by atoms with Gasteiger partial charge in [-0.25, -0.2) is 0 Å². The van der Waals surface area contributed by atoms with Gasteiger partial charge in [0.2, 0.25) is 11.8 Å². The van der Waals surface area contributed by atoms with Crippen LogP contribution in [0.15, 0.2) is 24.3 Å². The Morgan fingerprint density at radius 3 is 2.22 bits per heavy atom. The number of nitrogens with zero attached hydrogens (tertiary/aromatic N) is 3. The third-order valence-corrected chi connectivity index (χ3v) is 5.78. The summed E-state index contributed by atoms with van der Waals surface area (Å²) in [5, 5.41) is 2.85. The van der Waals surface area contributed by atoms with Gasteiger partial charge in [-0.15, -0.1) is 0 Å². The number of benzene rings is 1. The number of hydrogen-bond acceptors (Lipinski definition) is 4. The Morgan fingerprint density at radius 2 is 1.63 bits per heavy atom. The summed E-state index contributed by atoms with van der Waals surface area (Å²) in [4.78, 5) is 31.1. The highest BCUT2D eigenvalue weighted by atomic mass is 16.2. The van der Waals surface area contributed by atoms with Crippen molar-refractivity contribution in [1.82, 2.24) is 9.80 Å². The maximum atomic E-state index is 12.3. The molecule has 2 heterocycles. The first-order valence-electron chi connectivity index (χ1n) is 10.2. The molecule has 27 heavy (non-hydrogen) atoms. The minimum absolute atomic E-state index is 0.0812. The van der Waals surface area contributed by atoms with Crippen LogP contribution in [0.4, 0.5) is 11.4 Å². The number of likely N-dealkylation sites (N-methyl/N-ethyl adjacent to an activating group) is 1. The van der Waals surface area contributed by atoms with Crippen LogP contribution in [-0.2, 0) is 9.59 Å². The molecule has 0 aliphatic carbocycles. The summed E-state index contributed by atoms with van der Waals surface area (Å²) in [5.74, 6) is 0.488. The maximum absolute atomic E-state index is 12.3. The fraction of sp³-hybridized carbons (Fsp3) is 0.619. The van der Waals surface area contributed by atoms with Gasteiger partial charge >= 0.3 is 0 Å². The molecule has 1 N–H and O–H groups in total. The van der Waals surface area contributed by atoms with Gasteiger partial charge in [0.05, 0.1) is 0 Å². The number of hydrogen-bond donors (Lipinski definition) is 1. The van der Waals surface area contributed by atoms with Crippen molar-refractivity contribution >= 4 is 23.2 Å². The Labute approximate surface area is 162 Å². The number of nitrogens with one attached hydrogen (secondary N) is 1. The molecule has 2 aliphatic heterocycles. The van der Waals surface area contributed by atoms with Crippen LogP contribution in [0.1, 0.15) is 33.1 Å². The van der Waals surface area contributed by atoms with Crippen LogP contribution in [0.25, 0.3) is 0 Å². The molecule has 2 aliphatic rings. The van der Waals surface area contributed by atoms with E-state index in [0.717, 1.165) is 44.3 Å². The highest BCUT2D eigenvalue weighted by Gasteiger charge is 2.22. The lowest BCUT2D eigenvalue weighted by Crippen LogP contribution is -2.49. The highest BCUT2D eigenvalue weighted by Crippen LogP contribution is 2.24. The number of amides is 2. The third-order valence-electron chi connectivity index (χ3n) is 5.78. The van der Waals surface area contributed by atoms with Crippen molar-refractivity contribution in [2.24, 2.45) is 5.92 Å². The average Bonchev–Trinajstić information content (AvgIpc) is 2.69. The van der Waals surface area contributed by atoms with Gasteiger partial charge in [0.15, 0.2) is 0 Å². The highest BCUT2D eigenvalue weighted by molar-refractivity contribution is 6.03. The maximum Gasteiger partial charge on any atom is 0.233 e. The van der Waals surface area contributed by atoms with E-state index >= 15 is 0 Å². The fourth-order valence-electron chi connectivity index (χ4n) is 3.79. The van der Waals surface area contributed by atoms with E-state index in [9.17, 15) is 9.59 Å². The number of anilines is 2. The van der Waals surface area contributed by atoms with Gasteiger partial charge in [0.1, 0.15) is 6.42 Å². The predicted molar refractivity (Wildman–Crippen MR) is 109 cm³/mol. The van der Waals surface area contributed by atoms with Gasteiger partial charge in [-0.2, -0.15) is 0 Å². The lowest BCUT2D eigenvalue weighted by Gasteiger charge is -2.34. The van der Waals surface area contributed by atoms with Crippen LogP contribution in [0.5, 0.6) is 0 Å². The first-order chi connectivity index (χ1) is 13.0. The first-order valence-corrected chi connectivity index (χ1v) is 10.2. The number of piperazine rings is 1. The quantitative estimate of drug-likeness (QED) is 0.807. The smallest absolute Gasteiger partial charge is 0.233 e. The second kappa shape index (κ2) is 9.22. The van der Waals surface area contributed by atoms with Gasteiger partial charge in [-0.05, 0) is 49.6 Å². The summed E-state index contributed by atoms with van der Waals surface area (Å²) in [7, 11) is 0. The minimum Gasteiger partial charge on any atom is -0.372 e. The Morgan fingerprint density at radius 1 is 1.00 bits per heavy atom. The molecular formula is C21H32N4O2. The lowest BCUT2D eigenvalue weighted by atomic mass is 9.99. The van der Waals surface area contributed by atoms with Gasteiger partial charge in [-0.1, -0.05) is 13.8 Å². The second-order valence-electron chi connectivity index (χ2n) is 7.76. The van der Waals surface area contributed by atoms with Crippen LogP contribution >= 0.6 is 0 Å². The van der Waals surface area contributed by atoms with Gasteiger partial charge in [0.25, 0.3) is 0 Å². The summed E-state index contributed by atoms with van der Waals surface area (Å²) < 4.78 is 0. The number of piperidine rings is 1. The summed E-state index contributed by atoms with van der Waals surface area (Å²) in [6.45, 7) is 10.8. The molecule has 0 aromatic heterocycles.